The molecule has 2 nitrogen and oxygen atoms in total. The Morgan fingerprint density at radius 3 is 1.25 bits per heavy atom. The van der Waals surface area contributed by atoms with Crippen molar-refractivity contribution in [2.75, 3.05) is 28.2 Å². The average molecular weight is 153 g/mol. The second-order valence-electron chi connectivity index (χ2n) is 2.24. The molecular formula is C4H13ClN2Si. The van der Waals surface area contributed by atoms with E-state index in [2.05, 4.69) is 9.13 Å². The highest BCUT2D eigenvalue weighted by molar-refractivity contribution is 7.03. The molecule has 0 rings (SSSR count). The molecule has 0 fully saturated rings. The van der Waals surface area contributed by atoms with Crippen LogP contribution in [0.1, 0.15) is 0 Å². The lowest BCUT2D eigenvalue weighted by atomic mass is 11.3. The molecule has 0 amide bonds. The maximum Gasteiger partial charge on any atom is 0.290 e. The van der Waals surface area contributed by atoms with Crippen LogP contribution >= 0.6 is 11.1 Å². The van der Waals surface area contributed by atoms with E-state index in [-0.39, 0.29) is 0 Å². The lowest BCUT2D eigenvalue weighted by Crippen LogP contribution is -2.40. The van der Waals surface area contributed by atoms with E-state index in [1.54, 1.807) is 0 Å². The van der Waals surface area contributed by atoms with Gasteiger partial charge in [0.15, 0.2) is 0 Å². The van der Waals surface area contributed by atoms with Gasteiger partial charge in [0.1, 0.15) is 0 Å². The zero-order valence-corrected chi connectivity index (χ0v) is 7.76. The maximum atomic E-state index is 5.94. The van der Waals surface area contributed by atoms with E-state index in [4.69, 9.17) is 11.1 Å². The summed E-state index contributed by atoms with van der Waals surface area (Å²) in [4.78, 5) is 0. The molecular weight excluding hydrogens is 140 g/mol. The summed E-state index contributed by atoms with van der Waals surface area (Å²) in [5.74, 6) is 0. The number of rotatable bonds is 2. The summed E-state index contributed by atoms with van der Waals surface area (Å²) in [7, 11) is 6.81. The number of halogens is 1. The topological polar surface area (TPSA) is 6.48 Å². The number of hydrogen-bond donors (Lipinski definition) is 0. The van der Waals surface area contributed by atoms with Gasteiger partial charge in [0.25, 0.3) is 8.43 Å². The molecule has 0 bridgehead atoms. The summed E-state index contributed by atoms with van der Waals surface area (Å²) in [5, 5.41) is 0. The van der Waals surface area contributed by atoms with Crippen LogP contribution in [-0.2, 0) is 0 Å². The second-order valence-corrected chi connectivity index (χ2v) is 6.10. The molecule has 0 saturated heterocycles. The molecule has 0 N–H and O–H groups in total. The Balaban J connectivity index is 3.46. The molecule has 0 aromatic carbocycles. The first-order valence-electron chi connectivity index (χ1n) is 2.52. The molecule has 0 aromatic heterocycles. The van der Waals surface area contributed by atoms with Crippen molar-refractivity contribution in [3.63, 3.8) is 0 Å². The van der Waals surface area contributed by atoms with E-state index < -0.39 is 8.43 Å². The summed E-state index contributed by atoms with van der Waals surface area (Å²) in [6, 6.07) is 0. The van der Waals surface area contributed by atoms with Crippen molar-refractivity contribution in [3.05, 3.63) is 0 Å². The molecule has 0 atom stereocenters. The van der Waals surface area contributed by atoms with Crippen LogP contribution in [0.4, 0.5) is 0 Å². The Hall–Kier alpha value is 0.427. The molecule has 0 aliphatic rings. The van der Waals surface area contributed by atoms with Crippen molar-refractivity contribution >= 4 is 19.5 Å². The summed E-state index contributed by atoms with van der Waals surface area (Å²) in [6.45, 7) is 0. The van der Waals surface area contributed by atoms with Gasteiger partial charge in [-0.15, -0.1) is 11.1 Å². The fourth-order valence-electron chi connectivity index (χ4n) is 0.462. The molecule has 50 valence electrons. The van der Waals surface area contributed by atoms with E-state index >= 15 is 0 Å². The lowest BCUT2D eigenvalue weighted by Gasteiger charge is -2.21. The Kier molecular flexibility index (Phi) is 3.64. The van der Waals surface area contributed by atoms with Crippen LogP contribution in [0.15, 0.2) is 0 Å². The van der Waals surface area contributed by atoms with Crippen LogP contribution in [0.25, 0.3) is 0 Å². The lowest BCUT2D eigenvalue weighted by molar-refractivity contribution is 0.539. The Morgan fingerprint density at radius 1 is 1.00 bits per heavy atom. The van der Waals surface area contributed by atoms with E-state index in [9.17, 15) is 0 Å². The Morgan fingerprint density at radius 2 is 1.25 bits per heavy atom. The first-order valence-corrected chi connectivity index (χ1v) is 5.30. The largest absolute Gasteiger partial charge is 0.308 e. The predicted octanol–water partition coefficient (Wildman–Crippen LogP) is 0.0656. The van der Waals surface area contributed by atoms with E-state index in [0.717, 1.165) is 0 Å². The molecule has 0 heterocycles. The minimum atomic E-state index is -1.21. The van der Waals surface area contributed by atoms with Gasteiger partial charge in [-0.2, -0.15) is 0 Å². The van der Waals surface area contributed by atoms with Crippen molar-refractivity contribution < 1.29 is 0 Å². The highest BCUT2D eigenvalue weighted by atomic mass is 35.6. The van der Waals surface area contributed by atoms with Crippen molar-refractivity contribution in [3.8, 4) is 0 Å². The summed E-state index contributed by atoms with van der Waals surface area (Å²) in [6.07, 6.45) is 0. The first kappa shape index (κ1) is 8.43. The third kappa shape index (κ3) is 2.67. The highest BCUT2D eigenvalue weighted by Gasteiger charge is 2.11. The maximum absolute atomic E-state index is 5.94. The minimum Gasteiger partial charge on any atom is -0.308 e. The zero-order chi connectivity index (χ0) is 6.73. The van der Waals surface area contributed by atoms with Crippen LogP contribution in [-0.4, -0.2) is 45.8 Å². The van der Waals surface area contributed by atoms with Crippen molar-refractivity contribution in [2.24, 2.45) is 0 Å². The van der Waals surface area contributed by atoms with Gasteiger partial charge in [0, 0.05) is 0 Å². The SMILES string of the molecule is CN(C)[SiH](Cl)N(C)C. The van der Waals surface area contributed by atoms with E-state index in [1.807, 2.05) is 28.2 Å². The van der Waals surface area contributed by atoms with Gasteiger partial charge in [-0.3, -0.25) is 0 Å². The van der Waals surface area contributed by atoms with Gasteiger partial charge in [-0.1, -0.05) is 0 Å². The third-order valence-electron chi connectivity index (χ3n) is 0.852. The molecule has 4 heteroatoms. The van der Waals surface area contributed by atoms with Crippen LogP contribution in [0.2, 0.25) is 0 Å². The van der Waals surface area contributed by atoms with Gasteiger partial charge in [-0.05, 0) is 28.2 Å². The standard InChI is InChI=1S/C4H13ClN2Si/c1-6(2)8(5)7(3)4/h8H,1-4H3. The van der Waals surface area contributed by atoms with Crippen molar-refractivity contribution in [2.45, 2.75) is 0 Å². The molecule has 0 aromatic rings. The summed E-state index contributed by atoms with van der Waals surface area (Å²) >= 11 is 5.94. The minimum absolute atomic E-state index is 1.21. The normalized spacial score (nSPS) is 12.0. The zero-order valence-electron chi connectivity index (χ0n) is 5.85. The van der Waals surface area contributed by atoms with Crippen LogP contribution in [0.3, 0.4) is 0 Å². The molecule has 8 heavy (non-hydrogen) atoms. The number of hydrogen-bond acceptors (Lipinski definition) is 2. The van der Waals surface area contributed by atoms with Gasteiger partial charge in [-0.25, -0.2) is 0 Å². The Bertz CT molecular complexity index is 59.1. The van der Waals surface area contributed by atoms with Crippen LogP contribution in [0.5, 0.6) is 0 Å². The third-order valence-corrected chi connectivity index (χ3v) is 4.90. The fourth-order valence-corrected chi connectivity index (χ4v) is 1.39. The monoisotopic (exact) mass is 152 g/mol. The van der Waals surface area contributed by atoms with Crippen LogP contribution in [0, 0.1) is 0 Å². The van der Waals surface area contributed by atoms with E-state index in [0.29, 0.717) is 0 Å². The van der Waals surface area contributed by atoms with Gasteiger partial charge >= 0.3 is 0 Å². The van der Waals surface area contributed by atoms with Crippen molar-refractivity contribution in [1.82, 2.24) is 9.13 Å². The quantitative estimate of drug-likeness (QED) is 0.408. The summed E-state index contributed by atoms with van der Waals surface area (Å²) < 4.78 is 4.14. The molecule has 0 saturated carbocycles. The Labute approximate surface area is 57.5 Å². The molecule has 0 aliphatic carbocycles. The molecule has 0 unspecified atom stereocenters. The average Bonchev–Trinajstić information content (AvgIpc) is 1.64. The predicted molar refractivity (Wildman–Crippen MR) is 40.4 cm³/mol. The molecule has 0 aliphatic heterocycles. The highest BCUT2D eigenvalue weighted by Crippen LogP contribution is 1.94. The van der Waals surface area contributed by atoms with Crippen LogP contribution < -0.4 is 0 Å². The fraction of sp³-hybridized carbons (Fsp3) is 1.00. The molecule has 0 radical (unpaired) electrons. The summed E-state index contributed by atoms with van der Waals surface area (Å²) in [5.41, 5.74) is 0. The van der Waals surface area contributed by atoms with E-state index in [1.165, 1.54) is 0 Å². The van der Waals surface area contributed by atoms with Gasteiger partial charge < -0.3 is 9.13 Å². The van der Waals surface area contributed by atoms with Gasteiger partial charge in [0.05, 0.1) is 0 Å². The van der Waals surface area contributed by atoms with Gasteiger partial charge in [0.2, 0.25) is 0 Å². The smallest absolute Gasteiger partial charge is 0.290 e. The second kappa shape index (κ2) is 3.45. The molecule has 0 spiro atoms. The van der Waals surface area contributed by atoms with Crippen molar-refractivity contribution in [1.29, 1.82) is 0 Å². The first-order chi connectivity index (χ1) is 3.55. The number of nitrogens with zero attached hydrogens (tertiary/aromatic N) is 2.